The number of nitrogens with zero attached hydrogens (tertiary/aromatic N) is 1. The number of hydrogen-bond acceptors (Lipinski definition) is 7. The number of nitro benzene ring substituents is 1. The highest BCUT2D eigenvalue weighted by molar-refractivity contribution is 6.12. The Morgan fingerprint density at radius 2 is 1.78 bits per heavy atom. The first-order valence-electron chi connectivity index (χ1n) is 11.5. The molecule has 3 aromatic rings. The second-order valence-corrected chi connectivity index (χ2v) is 8.32. The van der Waals surface area contributed by atoms with Gasteiger partial charge in [-0.05, 0) is 65.9 Å². The number of aliphatic hydroxyl groups is 1. The van der Waals surface area contributed by atoms with Crippen LogP contribution in [-0.2, 0) is 11.2 Å². The number of ether oxygens (including phenoxy) is 1. The molecule has 0 aliphatic carbocycles. The molecule has 0 bridgehead atoms. The van der Waals surface area contributed by atoms with E-state index in [0.29, 0.717) is 47.6 Å². The molecule has 0 radical (unpaired) electrons. The highest BCUT2D eigenvalue weighted by atomic mass is 16.6. The summed E-state index contributed by atoms with van der Waals surface area (Å²) in [5.41, 5.74) is 4.32. The second-order valence-electron chi connectivity index (χ2n) is 8.32. The first-order chi connectivity index (χ1) is 17.4. The van der Waals surface area contributed by atoms with E-state index in [1.54, 1.807) is 42.5 Å². The smallest absolute Gasteiger partial charge is 0.310 e. The van der Waals surface area contributed by atoms with Crippen molar-refractivity contribution in [2.75, 3.05) is 30.9 Å². The summed E-state index contributed by atoms with van der Waals surface area (Å²) in [4.78, 5) is 35.8. The third-order valence-corrected chi connectivity index (χ3v) is 5.85. The fraction of sp³-hybridized carbons (Fsp3) is 0.231. The van der Waals surface area contributed by atoms with Gasteiger partial charge in [0.15, 0.2) is 5.75 Å². The minimum absolute atomic E-state index is 0.0966. The zero-order valence-corrected chi connectivity index (χ0v) is 19.7. The highest BCUT2D eigenvalue weighted by Crippen LogP contribution is 2.37. The molecule has 3 aromatic carbocycles. The van der Waals surface area contributed by atoms with Crippen molar-refractivity contribution >= 4 is 34.6 Å². The van der Waals surface area contributed by atoms with E-state index in [1.807, 2.05) is 6.07 Å². The van der Waals surface area contributed by atoms with E-state index in [9.17, 15) is 19.7 Å². The lowest BCUT2D eigenvalue weighted by molar-refractivity contribution is -0.385. The number of carbonyl (C=O) groups is 2. The minimum atomic E-state index is -0.502. The Labute approximate surface area is 207 Å². The first kappa shape index (κ1) is 24.7. The van der Waals surface area contributed by atoms with Crippen LogP contribution in [0, 0.1) is 10.1 Å². The van der Waals surface area contributed by atoms with Crippen LogP contribution in [0.5, 0.6) is 5.75 Å². The Hall–Kier alpha value is -4.44. The molecule has 10 heteroatoms. The number of nitro groups is 1. The molecule has 0 unspecified atom stereocenters. The fourth-order valence-corrected chi connectivity index (χ4v) is 3.99. The second kappa shape index (κ2) is 10.9. The first-order valence-corrected chi connectivity index (χ1v) is 11.5. The van der Waals surface area contributed by atoms with Crippen molar-refractivity contribution in [2.24, 2.45) is 0 Å². The van der Waals surface area contributed by atoms with Crippen molar-refractivity contribution in [1.29, 1.82) is 0 Å². The summed E-state index contributed by atoms with van der Waals surface area (Å²) < 4.78 is 5.18. The van der Waals surface area contributed by atoms with E-state index in [2.05, 4.69) is 16.0 Å². The SMILES string of the molecule is COc1cc(-c2ccc3c(c2)Nc2ccc(CC(=O)NCCCCO)cc2NC3=O)ccc1[N+](=O)[O-]. The number of rotatable bonds is 9. The highest BCUT2D eigenvalue weighted by Gasteiger charge is 2.21. The van der Waals surface area contributed by atoms with Gasteiger partial charge in [0.25, 0.3) is 5.91 Å². The Kier molecular flexibility index (Phi) is 7.45. The van der Waals surface area contributed by atoms with Crippen LogP contribution in [0.3, 0.4) is 0 Å². The molecule has 0 aromatic heterocycles. The number of unbranched alkanes of at least 4 members (excludes halogenated alkanes) is 1. The molecule has 10 nitrogen and oxygen atoms in total. The minimum Gasteiger partial charge on any atom is -0.490 e. The summed E-state index contributed by atoms with van der Waals surface area (Å²) >= 11 is 0. The number of aliphatic hydroxyl groups excluding tert-OH is 1. The zero-order valence-electron chi connectivity index (χ0n) is 19.7. The van der Waals surface area contributed by atoms with Gasteiger partial charge in [0.1, 0.15) is 0 Å². The number of benzene rings is 3. The molecule has 4 rings (SSSR count). The Balaban J connectivity index is 1.56. The normalized spacial score (nSPS) is 11.9. The standard InChI is InChI=1S/C26H26N4O6/c1-36-24-15-18(6-9-23(24)30(34)35)17-5-7-19-21(14-17)28-20-8-4-16(12-22(20)29-26(19)33)13-25(32)27-10-2-3-11-31/h4-9,12,14-15,28,31H,2-3,10-11,13H2,1H3,(H,27,32)(H,29,33). The Bertz CT molecular complexity index is 1320. The molecule has 0 atom stereocenters. The maximum Gasteiger partial charge on any atom is 0.310 e. The lowest BCUT2D eigenvalue weighted by atomic mass is 10.0. The van der Waals surface area contributed by atoms with E-state index >= 15 is 0 Å². The van der Waals surface area contributed by atoms with E-state index in [0.717, 1.165) is 11.1 Å². The number of anilines is 3. The summed E-state index contributed by atoms with van der Waals surface area (Å²) in [5, 5.41) is 29.0. The van der Waals surface area contributed by atoms with Gasteiger partial charge in [-0.1, -0.05) is 12.1 Å². The van der Waals surface area contributed by atoms with Gasteiger partial charge >= 0.3 is 5.69 Å². The summed E-state index contributed by atoms with van der Waals surface area (Å²) in [7, 11) is 1.38. The lowest BCUT2D eigenvalue weighted by Crippen LogP contribution is -2.26. The van der Waals surface area contributed by atoms with E-state index in [1.165, 1.54) is 13.2 Å². The van der Waals surface area contributed by atoms with Gasteiger partial charge in [-0.2, -0.15) is 0 Å². The van der Waals surface area contributed by atoms with E-state index in [4.69, 9.17) is 9.84 Å². The summed E-state index contributed by atoms with van der Waals surface area (Å²) in [5.74, 6) is -0.282. The van der Waals surface area contributed by atoms with Gasteiger partial charge in [-0.3, -0.25) is 19.7 Å². The van der Waals surface area contributed by atoms with Gasteiger partial charge in [-0.15, -0.1) is 0 Å². The van der Waals surface area contributed by atoms with Crippen molar-refractivity contribution in [3.8, 4) is 16.9 Å². The summed E-state index contributed by atoms with van der Waals surface area (Å²) in [6.45, 7) is 0.597. The van der Waals surface area contributed by atoms with Gasteiger partial charge in [0, 0.05) is 19.2 Å². The number of hydrogen-bond donors (Lipinski definition) is 4. The molecule has 36 heavy (non-hydrogen) atoms. The zero-order chi connectivity index (χ0) is 25.7. The fourth-order valence-electron chi connectivity index (χ4n) is 3.99. The third kappa shape index (κ3) is 5.44. The maximum absolute atomic E-state index is 12.9. The predicted molar refractivity (Wildman–Crippen MR) is 136 cm³/mol. The van der Waals surface area contributed by atoms with Crippen molar-refractivity contribution in [3.63, 3.8) is 0 Å². The van der Waals surface area contributed by atoms with Crippen LogP contribution in [0.25, 0.3) is 11.1 Å². The molecule has 1 heterocycles. The lowest BCUT2D eigenvalue weighted by Gasteiger charge is -2.12. The van der Waals surface area contributed by atoms with Crippen molar-refractivity contribution in [2.45, 2.75) is 19.3 Å². The number of nitrogens with one attached hydrogen (secondary N) is 3. The van der Waals surface area contributed by atoms with Crippen molar-refractivity contribution in [3.05, 3.63) is 75.8 Å². The van der Waals surface area contributed by atoms with Crippen LogP contribution in [0.2, 0.25) is 0 Å². The topological polar surface area (TPSA) is 143 Å². The Morgan fingerprint density at radius 1 is 1.00 bits per heavy atom. The van der Waals surface area contributed by atoms with E-state index in [-0.39, 0.29) is 36.3 Å². The summed E-state index contributed by atoms with van der Waals surface area (Å²) in [6, 6.07) is 15.3. The van der Waals surface area contributed by atoms with Crippen LogP contribution in [-0.4, -0.2) is 42.1 Å². The number of methoxy groups -OCH3 is 1. The van der Waals surface area contributed by atoms with Gasteiger partial charge < -0.3 is 25.8 Å². The molecule has 0 fully saturated rings. The Morgan fingerprint density at radius 3 is 2.53 bits per heavy atom. The molecule has 2 amide bonds. The maximum atomic E-state index is 12.9. The third-order valence-electron chi connectivity index (χ3n) is 5.85. The molecule has 1 aliphatic heterocycles. The average molecular weight is 491 g/mol. The molecular formula is C26H26N4O6. The molecule has 4 N–H and O–H groups in total. The average Bonchev–Trinajstić information content (AvgIpc) is 3.01. The molecule has 186 valence electrons. The van der Waals surface area contributed by atoms with E-state index < -0.39 is 4.92 Å². The van der Waals surface area contributed by atoms with Crippen LogP contribution >= 0.6 is 0 Å². The quantitative estimate of drug-likeness (QED) is 0.202. The van der Waals surface area contributed by atoms with Crippen molar-refractivity contribution in [1.82, 2.24) is 5.32 Å². The van der Waals surface area contributed by atoms with Crippen LogP contribution in [0.1, 0.15) is 28.8 Å². The van der Waals surface area contributed by atoms with Gasteiger partial charge in [0.05, 0.1) is 41.1 Å². The molecule has 0 spiro atoms. The van der Waals surface area contributed by atoms with Crippen LogP contribution < -0.4 is 20.7 Å². The number of fused-ring (bicyclic) bond motifs is 2. The molecule has 1 aliphatic rings. The number of carbonyl (C=O) groups excluding carboxylic acids is 2. The van der Waals surface area contributed by atoms with Crippen LogP contribution in [0.4, 0.5) is 22.7 Å². The monoisotopic (exact) mass is 490 g/mol. The summed E-state index contributed by atoms with van der Waals surface area (Å²) in [6.07, 6.45) is 1.51. The molecular weight excluding hydrogens is 464 g/mol. The predicted octanol–water partition coefficient (Wildman–Crippen LogP) is 4.01. The van der Waals surface area contributed by atoms with Gasteiger partial charge in [0.2, 0.25) is 5.91 Å². The van der Waals surface area contributed by atoms with Gasteiger partial charge in [-0.25, -0.2) is 0 Å². The molecule has 0 saturated heterocycles. The number of amides is 2. The largest absolute Gasteiger partial charge is 0.490 e. The van der Waals surface area contributed by atoms with Crippen LogP contribution in [0.15, 0.2) is 54.6 Å². The molecule has 0 saturated carbocycles. The van der Waals surface area contributed by atoms with Crippen molar-refractivity contribution < 1.29 is 24.4 Å².